The molecule has 0 aliphatic heterocycles. The molecule has 0 saturated heterocycles. The summed E-state index contributed by atoms with van der Waals surface area (Å²) < 4.78 is 6.76. The summed E-state index contributed by atoms with van der Waals surface area (Å²) in [7, 11) is 0. The van der Waals surface area contributed by atoms with Crippen LogP contribution in [-0.2, 0) is 22.6 Å². The van der Waals surface area contributed by atoms with Gasteiger partial charge in [0, 0.05) is 12.5 Å². The molecule has 1 atom stereocenters. The van der Waals surface area contributed by atoms with Crippen LogP contribution < -0.4 is 5.56 Å². The van der Waals surface area contributed by atoms with E-state index in [9.17, 15) is 9.59 Å². The molecule has 0 N–H and O–H groups in total. The summed E-state index contributed by atoms with van der Waals surface area (Å²) in [6, 6.07) is 10.9. The van der Waals surface area contributed by atoms with Crippen LogP contribution in [0.5, 0.6) is 0 Å². The van der Waals surface area contributed by atoms with Gasteiger partial charge in [0.15, 0.2) is 0 Å². The van der Waals surface area contributed by atoms with Gasteiger partial charge in [-0.15, -0.1) is 0 Å². The Bertz CT molecular complexity index is 979. The summed E-state index contributed by atoms with van der Waals surface area (Å²) in [5.74, 6) is -0.182. The molecular formula is C20H23N3O3S. The average molecular weight is 385 g/mol. The van der Waals surface area contributed by atoms with Crippen LogP contribution in [0.1, 0.15) is 49.4 Å². The van der Waals surface area contributed by atoms with Gasteiger partial charge in [-0.25, -0.2) is 4.98 Å². The Labute approximate surface area is 161 Å². The minimum absolute atomic E-state index is 0.0225. The van der Waals surface area contributed by atoms with Gasteiger partial charge in [-0.3, -0.25) is 9.59 Å². The lowest BCUT2D eigenvalue weighted by Gasteiger charge is -2.14. The van der Waals surface area contributed by atoms with Crippen molar-refractivity contribution in [1.82, 2.24) is 14.6 Å². The number of hydrogen-bond donors (Lipinski definition) is 0. The normalized spacial score (nSPS) is 12.4. The molecule has 6 nitrogen and oxygen atoms in total. The molecule has 142 valence electrons. The Morgan fingerprint density at radius 1 is 1.26 bits per heavy atom. The second-order valence-corrected chi connectivity index (χ2v) is 7.89. The lowest BCUT2D eigenvalue weighted by atomic mass is 9.97. The smallest absolute Gasteiger partial charge is 0.313 e. The van der Waals surface area contributed by atoms with Crippen LogP contribution in [0.15, 0.2) is 41.2 Å². The molecule has 0 spiro atoms. The van der Waals surface area contributed by atoms with Crippen molar-refractivity contribution in [3.63, 3.8) is 0 Å². The molecule has 2 aromatic heterocycles. The Kier molecular flexibility index (Phi) is 6.01. The Morgan fingerprint density at radius 2 is 2.00 bits per heavy atom. The summed E-state index contributed by atoms with van der Waals surface area (Å²) in [5.41, 5.74) is 1.11. The largest absolute Gasteiger partial charge is 0.459 e. The van der Waals surface area contributed by atoms with Gasteiger partial charge in [0.25, 0.3) is 5.56 Å². The van der Waals surface area contributed by atoms with E-state index in [1.54, 1.807) is 0 Å². The fourth-order valence-corrected chi connectivity index (χ4v) is 4.00. The average Bonchev–Trinajstić information content (AvgIpc) is 3.04. The fraction of sp³-hybridized carbons (Fsp3) is 0.400. The number of fused-ring (bicyclic) bond motifs is 1. The van der Waals surface area contributed by atoms with E-state index in [-0.39, 0.29) is 24.1 Å². The SMILES string of the molecule is CCC(C(=O)OCc1cc(=O)n2nc(CC(C)C)sc2n1)c1ccccc1. The van der Waals surface area contributed by atoms with Crippen LogP contribution >= 0.6 is 11.3 Å². The van der Waals surface area contributed by atoms with Gasteiger partial charge >= 0.3 is 5.97 Å². The Hall–Kier alpha value is -2.54. The maximum absolute atomic E-state index is 12.5. The first-order chi connectivity index (χ1) is 13.0. The molecule has 7 heteroatoms. The Balaban J connectivity index is 1.74. The van der Waals surface area contributed by atoms with Crippen molar-refractivity contribution in [3.05, 3.63) is 63.0 Å². The number of benzene rings is 1. The van der Waals surface area contributed by atoms with E-state index in [1.807, 2.05) is 37.3 Å². The standard InChI is InChI=1S/C20H23N3O3S/c1-4-16(14-8-6-5-7-9-14)19(25)26-12-15-11-18(24)23-20(21-15)27-17(22-23)10-13(2)3/h5-9,11,13,16H,4,10,12H2,1-3H3. The van der Waals surface area contributed by atoms with Crippen molar-refractivity contribution in [2.45, 2.75) is 46.1 Å². The lowest BCUT2D eigenvalue weighted by Crippen LogP contribution is -2.19. The first-order valence-corrected chi connectivity index (χ1v) is 9.89. The summed E-state index contributed by atoms with van der Waals surface area (Å²) in [6.45, 7) is 6.13. The minimum Gasteiger partial charge on any atom is -0.459 e. The molecule has 2 heterocycles. The predicted molar refractivity (Wildman–Crippen MR) is 105 cm³/mol. The molecule has 3 rings (SSSR count). The lowest BCUT2D eigenvalue weighted by molar-refractivity contribution is -0.147. The van der Waals surface area contributed by atoms with Crippen LogP contribution in [0.2, 0.25) is 0 Å². The molecule has 1 unspecified atom stereocenters. The van der Waals surface area contributed by atoms with E-state index < -0.39 is 0 Å². The van der Waals surface area contributed by atoms with Crippen LogP contribution in [0.3, 0.4) is 0 Å². The third-order valence-corrected chi connectivity index (χ3v) is 5.11. The third-order valence-electron chi connectivity index (χ3n) is 4.18. The maximum Gasteiger partial charge on any atom is 0.313 e. The van der Waals surface area contributed by atoms with E-state index in [0.717, 1.165) is 17.0 Å². The summed E-state index contributed by atoms with van der Waals surface area (Å²) in [4.78, 5) is 29.7. The van der Waals surface area contributed by atoms with Gasteiger partial charge in [-0.1, -0.05) is 62.4 Å². The summed E-state index contributed by atoms with van der Waals surface area (Å²) in [6.07, 6.45) is 1.44. The monoisotopic (exact) mass is 385 g/mol. The van der Waals surface area contributed by atoms with Crippen molar-refractivity contribution >= 4 is 22.3 Å². The van der Waals surface area contributed by atoms with Gasteiger partial charge in [0.1, 0.15) is 11.6 Å². The summed E-state index contributed by atoms with van der Waals surface area (Å²) >= 11 is 1.40. The molecule has 0 aliphatic carbocycles. The van der Waals surface area contributed by atoms with Gasteiger partial charge in [-0.2, -0.15) is 9.61 Å². The van der Waals surface area contributed by atoms with Crippen LogP contribution in [0.25, 0.3) is 4.96 Å². The van der Waals surface area contributed by atoms with Crippen molar-refractivity contribution in [2.75, 3.05) is 0 Å². The highest BCUT2D eigenvalue weighted by Crippen LogP contribution is 2.21. The minimum atomic E-state index is -0.322. The predicted octanol–water partition coefficient (Wildman–Crippen LogP) is 3.59. The second-order valence-electron chi connectivity index (χ2n) is 6.85. The van der Waals surface area contributed by atoms with Crippen LogP contribution in [0, 0.1) is 5.92 Å². The molecule has 0 aliphatic rings. The number of hydrogen-bond acceptors (Lipinski definition) is 6. The van der Waals surface area contributed by atoms with Gasteiger partial charge in [0.05, 0.1) is 11.6 Å². The number of aromatic nitrogens is 3. The topological polar surface area (TPSA) is 73.6 Å². The molecule has 0 amide bonds. The van der Waals surface area contributed by atoms with Crippen LogP contribution in [-0.4, -0.2) is 20.6 Å². The fourth-order valence-electron chi connectivity index (χ4n) is 2.87. The maximum atomic E-state index is 12.5. The van der Waals surface area contributed by atoms with E-state index in [4.69, 9.17) is 4.74 Å². The van der Waals surface area contributed by atoms with E-state index in [1.165, 1.54) is 21.9 Å². The summed E-state index contributed by atoms with van der Waals surface area (Å²) in [5, 5.41) is 5.20. The van der Waals surface area contributed by atoms with Gasteiger partial charge in [0.2, 0.25) is 4.96 Å². The number of nitrogens with zero attached hydrogens (tertiary/aromatic N) is 3. The number of ether oxygens (including phenoxy) is 1. The molecule has 0 saturated carbocycles. The Morgan fingerprint density at radius 3 is 2.67 bits per heavy atom. The highest BCUT2D eigenvalue weighted by molar-refractivity contribution is 7.16. The molecule has 0 fully saturated rings. The van der Waals surface area contributed by atoms with E-state index in [2.05, 4.69) is 23.9 Å². The van der Waals surface area contributed by atoms with Gasteiger partial charge < -0.3 is 4.74 Å². The van der Waals surface area contributed by atoms with Gasteiger partial charge in [-0.05, 0) is 17.9 Å². The van der Waals surface area contributed by atoms with Crippen molar-refractivity contribution in [2.24, 2.45) is 5.92 Å². The second kappa shape index (κ2) is 8.43. The molecule has 27 heavy (non-hydrogen) atoms. The first-order valence-electron chi connectivity index (χ1n) is 9.08. The quantitative estimate of drug-likeness (QED) is 0.581. The first kappa shape index (κ1) is 19.2. The molecule has 0 radical (unpaired) electrons. The van der Waals surface area contributed by atoms with E-state index >= 15 is 0 Å². The highest BCUT2D eigenvalue weighted by atomic mass is 32.1. The molecule has 1 aromatic carbocycles. The zero-order chi connectivity index (χ0) is 19.4. The van der Waals surface area contributed by atoms with Crippen molar-refractivity contribution in [3.8, 4) is 0 Å². The molecule has 3 aromatic rings. The zero-order valence-electron chi connectivity index (χ0n) is 15.7. The third kappa shape index (κ3) is 4.60. The number of carbonyl (C=O) groups is 1. The zero-order valence-corrected chi connectivity index (χ0v) is 16.5. The molecule has 0 bridgehead atoms. The van der Waals surface area contributed by atoms with Crippen molar-refractivity contribution < 1.29 is 9.53 Å². The van der Waals surface area contributed by atoms with Crippen molar-refractivity contribution in [1.29, 1.82) is 0 Å². The number of rotatable bonds is 7. The highest BCUT2D eigenvalue weighted by Gasteiger charge is 2.20. The number of esters is 1. The van der Waals surface area contributed by atoms with E-state index in [0.29, 0.717) is 23.0 Å². The van der Waals surface area contributed by atoms with Crippen LogP contribution in [0.4, 0.5) is 0 Å². The molecular weight excluding hydrogens is 362 g/mol. The number of carbonyl (C=O) groups excluding carboxylic acids is 1.